The molecule has 2 aromatic carbocycles. The number of hydrogen-bond donors (Lipinski definition) is 1. The summed E-state index contributed by atoms with van der Waals surface area (Å²) in [5, 5.41) is 12.5. The van der Waals surface area contributed by atoms with E-state index in [2.05, 4.69) is 21.4 Å². The number of nitrogens with one attached hydrogen (secondary N) is 1. The minimum Gasteiger partial charge on any atom is -0.497 e. The van der Waals surface area contributed by atoms with Gasteiger partial charge in [0.25, 0.3) is 0 Å². The van der Waals surface area contributed by atoms with Crippen LogP contribution in [0.3, 0.4) is 0 Å². The van der Waals surface area contributed by atoms with Crippen LogP contribution in [0.5, 0.6) is 17.2 Å². The van der Waals surface area contributed by atoms with Crippen molar-refractivity contribution < 1.29 is 14.3 Å². The number of rotatable bonds is 5. The van der Waals surface area contributed by atoms with E-state index in [0.29, 0.717) is 40.7 Å². The van der Waals surface area contributed by atoms with Gasteiger partial charge in [0.05, 0.1) is 30.0 Å². The molecule has 1 aliphatic carbocycles. The molecule has 0 saturated carbocycles. The first-order chi connectivity index (χ1) is 14.6. The highest BCUT2D eigenvalue weighted by molar-refractivity contribution is 5.97. The van der Waals surface area contributed by atoms with Crippen molar-refractivity contribution in [3.63, 3.8) is 0 Å². The lowest BCUT2D eigenvalue weighted by Crippen LogP contribution is -2.07. The lowest BCUT2D eigenvalue weighted by Gasteiger charge is -2.11. The highest BCUT2D eigenvalue weighted by Crippen LogP contribution is 2.29. The molecule has 0 spiro atoms. The Bertz CT molecular complexity index is 1120. The van der Waals surface area contributed by atoms with Gasteiger partial charge in [0.15, 0.2) is 5.78 Å². The highest BCUT2D eigenvalue weighted by Gasteiger charge is 2.18. The third-order valence-electron chi connectivity index (χ3n) is 4.82. The summed E-state index contributed by atoms with van der Waals surface area (Å²) in [6.45, 7) is 0. The molecule has 30 heavy (non-hydrogen) atoms. The molecular formula is C23H20N4O3. The average molecular weight is 400 g/mol. The second-order valence-electron chi connectivity index (χ2n) is 6.94. The quantitative estimate of drug-likeness (QED) is 0.614. The molecule has 0 fully saturated rings. The predicted octanol–water partition coefficient (Wildman–Crippen LogP) is 4.80. The number of anilines is 2. The Morgan fingerprint density at radius 3 is 2.57 bits per heavy atom. The van der Waals surface area contributed by atoms with Crippen molar-refractivity contribution in [2.45, 2.75) is 25.7 Å². The Hall–Kier alpha value is -3.92. The molecule has 150 valence electrons. The van der Waals surface area contributed by atoms with Crippen LogP contribution in [0.25, 0.3) is 0 Å². The van der Waals surface area contributed by atoms with Crippen LogP contribution in [0.2, 0.25) is 0 Å². The van der Waals surface area contributed by atoms with E-state index >= 15 is 0 Å². The van der Waals surface area contributed by atoms with Crippen molar-refractivity contribution in [3.8, 4) is 23.3 Å². The van der Waals surface area contributed by atoms with Crippen LogP contribution in [-0.4, -0.2) is 22.9 Å². The molecule has 0 saturated heterocycles. The molecule has 4 rings (SSSR count). The number of methoxy groups -OCH3 is 1. The van der Waals surface area contributed by atoms with Gasteiger partial charge in [-0.1, -0.05) is 0 Å². The van der Waals surface area contributed by atoms with Gasteiger partial charge in [0, 0.05) is 24.4 Å². The van der Waals surface area contributed by atoms with Crippen LogP contribution in [-0.2, 0) is 6.42 Å². The molecule has 1 aromatic heterocycles. The maximum absolute atomic E-state index is 12.2. The first-order valence-electron chi connectivity index (χ1n) is 9.68. The zero-order chi connectivity index (χ0) is 20.9. The van der Waals surface area contributed by atoms with E-state index in [-0.39, 0.29) is 5.78 Å². The van der Waals surface area contributed by atoms with Gasteiger partial charge in [-0.15, -0.1) is 0 Å². The van der Waals surface area contributed by atoms with E-state index in [1.807, 2.05) is 0 Å². The number of ketones is 1. The van der Waals surface area contributed by atoms with E-state index < -0.39 is 0 Å². The Labute approximate surface area is 174 Å². The fraction of sp³-hybridized carbons (Fsp3) is 0.217. The van der Waals surface area contributed by atoms with Crippen LogP contribution in [0.4, 0.5) is 11.6 Å². The Morgan fingerprint density at radius 1 is 1.03 bits per heavy atom. The number of aryl methyl sites for hydroxylation is 1. The molecule has 0 bridgehead atoms. The van der Waals surface area contributed by atoms with Crippen molar-refractivity contribution in [3.05, 3.63) is 65.5 Å². The number of hydrogen-bond acceptors (Lipinski definition) is 7. The molecule has 0 amide bonds. The number of nitriles is 1. The van der Waals surface area contributed by atoms with Crippen molar-refractivity contribution >= 4 is 17.4 Å². The van der Waals surface area contributed by atoms with Gasteiger partial charge in [0.2, 0.25) is 5.95 Å². The molecule has 3 aromatic rings. The lowest BCUT2D eigenvalue weighted by atomic mass is 10.1. The zero-order valence-corrected chi connectivity index (χ0v) is 16.5. The summed E-state index contributed by atoms with van der Waals surface area (Å²) in [6.07, 6.45) is 4.68. The Morgan fingerprint density at radius 2 is 1.80 bits per heavy atom. The van der Waals surface area contributed by atoms with Crippen molar-refractivity contribution in [2.75, 3.05) is 12.4 Å². The minimum atomic E-state index is 0.0932. The minimum absolute atomic E-state index is 0.0932. The molecule has 1 N–H and O–H groups in total. The summed E-state index contributed by atoms with van der Waals surface area (Å²) in [5.41, 5.74) is 2.43. The number of benzene rings is 2. The number of carbonyl (C=O) groups is 1. The molecule has 0 radical (unpaired) electrons. The SMILES string of the molecule is COc1ccc(Oc2cc(C#N)cc(Nc3ncc4c(n3)CCCCC4=O)c2)cc1. The maximum atomic E-state index is 12.2. The van der Waals surface area contributed by atoms with Crippen molar-refractivity contribution in [1.29, 1.82) is 5.26 Å². The van der Waals surface area contributed by atoms with E-state index in [1.165, 1.54) is 0 Å². The summed E-state index contributed by atoms with van der Waals surface area (Å²) in [5.74, 6) is 2.34. The fourth-order valence-corrected chi connectivity index (χ4v) is 3.32. The van der Waals surface area contributed by atoms with Crippen LogP contribution in [0.15, 0.2) is 48.7 Å². The maximum Gasteiger partial charge on any atom is 0.227 e. The summed E-state index contributed by atoms with van der Waals surface area (Å²) < 4.78 is 11.0. The second kappa shape index (κ2) is 8.62. The second-order valence-corrected chi connectivity index (χ2v) is 6.94. The zero-order valence-electron chi connectivity index (χ0n) is 16.5. The molecule has 7 heteroatoms. The van der Waals surface area contributed by atoms with Gasteiger partial charge in [-0.25, -0.2) is 9.97 Å². The number of Topliss-reactive ketones (excluding diaryl/α,β-unsaturated/α-hetero) is 1. The number of nitrogens with zero attached hydrogens (tertiary/aromatic N) is 3. The predicted molar refractivity (Wildman–Crippen MR) is 111 cm³/mol. The van der Waals surface area contributed by atoms with Crippen LogP contribution >= 0.6 is 0 Å². The van der Waals surface area contributed by atoms with Gasteiger partial charge >= 0.3 is 0 Å². The van der Waals surface area contributed by atoms with E-state index in [9.17, 15) is 10.1 Å². The summed E-state index contributed by atoms with van der Waals surface area (Å²) in [4.78, 5) is 21.0. The third kappa shape index (κ3) is 4.39. The Balaban J connectivity index is 1.58. The summed E-state index contributed by atoms with van der Waals surface area (Å²) in [7, 11) is 1.60. The van der Waals surface area contributed by atoms with E-state index in [0.717, 1.165) is 30.7 Å². The summed E-state index contributed by atoms with van der Waals surface area (Å²) in [6, 6.07) is 14.4. The fourth-order valence-electron chi connectivity index (χ4n) is 3.32. The molecule has 0 atom stereocenters. The molecule has 1 heterocycles. The number of aromatic nitrogens is 2. The largest absolute Gasteiger partial charge is 0.497 e. The molecule has 0 aliphatic heterocycles. The van der Waals surface area contributed by atoms with Gasteiger partial charge < -0.3 is 14.8 Å². The van der Waals surface area contributed by atoms with E-state index in [4.69, 9.17) is 9.47 Å². The van der Waals surface area contributed by atoms with Crippen molar-refractivity contribution in [2.24, 2.45) is 0 Å². The van der Waals surface area contributed by atoms with Gasteiger partial charge in [-0.3, -0.25) is 4.79 Å². The smallest absolute Gasteiger partial charge is 0.227 e. The molecule has 7 nitrogen and oxygen atoms in total. The third-order valence-corrected chi connectivity index (χ3v) is 4.82. The summed E-state index contributed by atoms with van der Waals surface area (Å²) >= 11 is 0. The van der Waals surface area contributed by atoms with E-state index in [1.54, 1.807) is 55.8 Å². The number of fused-ring (bicyclic) bond motifs is 1. The van der Waals surface area contributed by atoms with Gasteiger partial charge in [-0.05, 0) is 55.7 Å². The Kier molecular flexibility index (Phi) is 5.57. The molecule has 0 unspecified atom stereocenters. The van der Waals surface area contributed by atoms with Gasteiger partial charge in [-0.2, -0.15) is 5.26 Å². The standard InChI is InChI=1S/C23H20N4O3/c1-29-17-6-8-18(9-7-17)30-19-11-15(13-24)10-16(12-19)26-23-25-14-20-21(27-23)4-2-3-5-22(20)28/h6-12,14H,2-5H2,1H3,(H,25,26,27). The molecule has 1 aliphatic rings. The van der Waals surface area contributed by atoms with Crippen LogP contribution in [0.1, 0.15) is 40.9 Å². The van der Waals surface area contributed by atoms with Crippen LogP contribution in [0, 0.1) is 11.3 Å². The lowest BCUT2D eigenvalue weighted by molar-refractivity contribution is 0.0981. The monoisotopic (exact) mass is 400 g/mol. The molecular weight excluding hydrogens is 380 g/mol. The van der Waals surface area contributed by atoms with Gasteiger partial charge in [0.1, 0.15) is 17.2 Å². The van der Waals surface area contributed by atoms with Crippen molar-refractivity contribution in [1.82, 2.24) is 9.97 Å². The number of carbonyl (C=O) groups excluding carboxylic acids is 1. The highest BCUT2D eigenvalue weighted by atomic mass is 16.5. The average Bonchev–Trinajstić information content (AvgIpc) is 2.95. The van der Waals surface area contributed by atoms with Crippen LogP contribution < -0.4 is 14.8 Å². The number of ether oxygens (including phenoxy) is 2. The first kappa shape index (κ1) is 19.4. The normalized spacial score (nSPS) is 13.0. The first-order valence-corrected chi connectivity index (χ1v) is 9.68. The topological polar surface area (TPSA) is 97.1 Å².